The van der Waals surface area contributed by atoms with Crippen LogP contribution in [0.15, 0.2) is 54.6 Å². The van der Waals surface area contributed by atoms with E-state index in [0.29, 0.717) is 12.4 Å². The van der Waals surface area contributed by atoms with Gasteiger partial charge in [0.2, 0.25) is 0 Å². The van der Waals surface area contributed by atoms with E-state index in [1.807, 2.05) is 54.6 Å². The van der Waals surface area contributed by atoms with Crippen molar-refractivity contribution in [2.45, 2.75) is 6.10 Å². The van der Waals surface area contributed by atoms with E-state index < -0.39 is 6.10 Å². The van der Waals surface area contributed by atoms with Crippen LogP contribution in [0, 0.1) is 0 Å². The molecule has 1 atom stereocenters. The molecule has 1 N–H and O–H groups in total. The van der Waals surface area contributed by atoms with E-state index in [2.05, 4.69) is 22.6 Å². The number of aliphatic hydroxyl groups excluding tert-OH is 1. The minimum atomic E-state index is -0.685. The number of hydrogen-bond donors (Lipinski definition) is 1. The molecule has 0 radical (unpaired) electrons. The first kappa shape index (κ1) is 16.9. The number of hydrogen-bond acceptors (Lipinski definition) is 4. The fourth-order valence-electron chi connectivity index (χ4n) is 1.74. The van der Waals surface area contributed by atoms with Crippen LogP contribution in [0.2, 0.25) is 0 Å². The van der Waals surface area contributed by atoms with Gasteiger partial charge in [-0.2, -0.15) is 0 Å². The van der Waals surface area contributed by atoms with Crippen molar-refractivity contribution in [2.75, 3.05) is 24.2 Å². The molecular weight excluding hydrogens is 395 g/mol. The molecular formula is C17H19IO4. The lowest BCUT2D eigenvalue weighted by molar-refractivity contribution is 0.0626. The molecule has 0 aliphatic rings. The highest BCUT2D eigenvalue weighted by Crippen LogP contribution is 2.18. The topological polar surface area (TPSA) is 47.9 Å². The van der Waals surface area contributed by atoms with E-state index in [0.717, 1.165) is 15.9 Å². The Morgan fingerprint density at radius 1 is 0.773 bits per heavy atom. The maximum absolute atomic E-state index is 9.87. The average molecular weight is 414 g/mol. The molecule has 22 heavy (non-hydrogen) atoms. The Balaban J connectivity index is 1.70. The van der Waals surface area contributed by atoms with Crippen LogP contribution in [0.3, 0.4) is 0 Å². The number of alkyl halides is 1. The van der Waals surface area contributed by atoms with E-state index in [4.69, 9.17) is 14.2 Å². The maximum atomic E-state index is 9.87. The van der Waals surface area contributed by atoms with Gasteiger partial charge in [-0.25, -0.2) is 0 Å². The fourth-order valence-corrected chi connectivity index (χ4v) is 1.96. The van der Waals surface area contributed by atoms with Gasteiger partial charge in [0.15, 0.2) is 0 Å². The Bertz CT molecular complexity index is 530. The summed E-state index contributed by atoms with van der Waals surface area (Å²) in [6.07, 6.45) is -0.685. The van der Waals surface area contributed by atoms with Crippen LogP contribution >= 0.6 is 22.6 Å². The lowest BCUT2D eigenvalue weighted by atomic mass is 10.3. The SMILES string of the molecule is OC(COc1ccccc1)COc1ccc(OCCI)cc1. The lowest BCUT2D eigenvalue weighted by Crippen LogP contribution is -2.25. The summed E-state index contributed by atoms with van der Waals surface area (Å²) in [6, 6.07) is 16.8. The summed E-state index contributed by atoms with van der Waals surface area (Å²) in [7, 11) is 0. The van der Waals surface area contributed by atoms with Crippen LogP contribution in [0.5, 0.6) is 17.2 Å². The molecule has 4 nitrogen and oxygen atoms in total. The number of aliphatic hydroxyl groups is 1. The average Bonchev–Trinajstić information content (AvgIpc) is 2.58. The predicted octanol–water partition coefficient (Wildman–Crippen LogP) is 3.32. The van der Waals surface area contributed by atoms with E-state index >= 15 is 0 Å². The molecule has 0 spiro atoms. The molecule has 0 aromatic heterocycles. The Morgan fingerprint density at radius 3 is 1.82 bits per heavy atom. The molecule has 2 rings (SSSR count). The van der Waals surface area contributed by atoms with Crippen LogP contribution in [-0.4, -0.2) is 35.5 Å². The standard InChI is InChI=1S/C17H19IO4/c18-10-11-20-16-6-8-17(9-7-16)22-13-14(19)12-21-15-4-2-1-3-5-15/h1-9,14,19H,10-13H2. The Hall–Kier alpha value is -1.47. The molecule has 0 aliphatic carbocycles. The van der Waals surface area contributed by atoms with E-state index in [1.165, 1.54) is 0 Å². The Labute approximate surface area is 144 Å². The van der Waals surface area contributed by atoms with Crippen LogP contribution < -0.4 is 14.2 Å². The molecule has 0 fully saturated rings. The zero-order valence-electron chi connectivity index (χ0n) is 12.2. The number of halogens is 1. The molecule has 2 aromatic rings. The second kappa shape index (κ2) is 9.53. The molecule has 0 saturated carbocycles. The molecule has 0 aliphatic heterocycles. The van der Waals surface area contributed by atoms with Gasteiger partial charge in [0, 0.05) is 4.43 Å². The van der Waals surface area contributed by atoms with E-state index in [1.54, 1.807) is 0 Å². The van der Waals surface area contributed by atoms with Crippen molar-refractivity contribution in [2.24, 2.45) is 0 Å². The molecule has 2 aromatic carbocycles. The lowest BCUT2D eigenvalue weighted by Gasteiger charge is -2.14. The molecule has 1 unspecified atom stereocenters. The fraction of sp³-hybridized carbons (Fsp3) is 0.294. The van der Waals surface area contributed by atoms with Gasteiger partial charge in [0.05, 0.1) is 6.61 Å². The van der Waals surface area contributed by atoms with Crippen molar-refractivity contribution < 1.29 is 19.3 Å². The quantitative estimate of drug-likeness (QED) is 0.505. The molecule has 0 heterocycles. The third-order valence-corrected chi connectivity index (χ3v) is 3.24. The van der Waals surface area contributed by atoms with Gasteiger partial charge in [0.25, 0.3) is 0 Å². The molecule has 5 heteroatoms. The van der Waals surface area contributed by atoms with E-state index in [-0.39, 0.29) is 13.2 Å². The van der Waals surface area contributed by atoms with Gasteiger partial charge in [0.1, 0.15) is 36.6 Å². The van der Waals surface area contributed by atoms with Crippen molar-refractivity contribution in [1.82, 2.24) is 0 Å². The number of rotatable bonds is 9. The van der Waals surface area contributed by atoms with Crippen molar-refractivity contribution in [1.29, 1.82) is 0 Å². The van der Waals surface area contributed by atoms with Crippen LogP contribution in [0.4, 0.5) is 0 Å². The molecule has 0 amide bonds. The van der Waals surface area contributed by atoms with E-state index in [9.17, 15) is 5.11 Å². The second-order valence-corrected chi connectivity index (χ2v) is 5.68. The summed E-state index contributed by atoms with van der Waals surface area (Å²) in [5, 5.41) is 9.87. The summed E-state index contributed by atoms with van der Waals surface area (Å²) in [4.78, 5) is 0. The number of benzene rings is 2. The zero-order chi connectivity index (χ0) is 15.6. The maximum Gasteiger partial charge on any atom is 0.122 e. The highest BCUT2D eigenvalue weighted by molar-refractivity contribution is 14.1. The largest absolute Gasteiger partial charge is 0.493 e. The van der Waals surface area contributed by atoms with Crippen molar-refractivity contribution in [3.8, 4) is 17.2 Å². The highest BCUT2D eigenvalue weighted by Gasteiger charge is 2.06. The third-order valence-electron chi connectivity index (χ3n) is 2.80. The minimum absolute atomic E-state index is 0.181. The third kappa shape index (κ3) is 6.11. The van der Waals surface area contributed by atoms with Gasteiger partial charge >= 0.3 is 0 Å². The number of ether oxygens (including phenoxy) is 3. The minimum Gasteiger partial charge on any atom is -0.493 e. The first-order valence-corrected chi connectivity index (χ1v) is 8.58. The monoisotopic (exact) mass is 414 g/mol. The van der Waals surface area contributed by atoms with Crippen LogP contribution in [0.25, 0.3) is 0 Å². The van der Waals surface area contributed by atoms with Crippen molar-refractivity contribution >= 4 is 22.6 Å². The summed E-state index contributed by atoms with van der Waals surface area (Å²) in [6.45, 7) is 1.07. The summed E-state index contributed by atoms with van der Waals surface area (Å²) >= 11 is 2.26. The second-order valence-electron chi connectivity index (χ2n) is 4.60. The van der Waals surface area contributed by atoms with Crippen molar-refractivity contribution in [3.05, 3.63) is 54.6 Å². The molecule has 0 bridgehead atoms. The molecule has 118 valence electrons. The van der Waals surface area contributed by atoms with Gasteiger partial charge in [-0.05, 0) is 36.4 Å². The summed E-state index contributed by atoms with van der Waals surface area (Å²) < 4.78 is 17.4. The van der Waals surface area contributed by atoms with Gasteiger partial charge in [-0.1, -0.05) is 40.8 Å². The van der Waals surface area contributed by atoms with Crippen LogP contribution in [0.1, 0.15) is 0 Å². The molecule has 0 saturated heterocycles. The normalized spacial score (nSPS) is 11.7. The number of para-hydroxylation sites is 1. The summed E-state index contributed by atoms with van der Waals surface area (Å²) in [5.41, 5.74) is 0. The smallest absolute Gasteiger partial charge is 0.122 e. The summed E-state index contributed by atoms with van der Waals surface area (Å²) in [5.74, 6) is 2.25. The van der Waals surface area contributed by atoms with Gasteiger partial charge in [-0.3, -0.25) is 0 Å². The highest BCUT2D eigenvalue weighted by atomic mass is 127. The Morgan fingerprint density at radius 2 is 1.27 bits per heavy atom. The van der Waals surface area contributed by atoms with Crippen molar-refractivity contribution in [3.63, 3.8) is 0 Å². The zero-order valence-corrected chi connectivity index (χ0v) is 14.3. The van der Waals surface area contributed by atoms with Crippen LogP contribution in [-0.2, 0) is 0 Å². The predicted molar refractivity (Wildman–Crippen MR) is 94.3 cm³/mol. The van der Waals surface area contributed by atoms with Gasteiger partial charge in [-0.15, -0.1) is 0 Å². The first-order valence-electron chi connectivity index (χ1n) is 7.05. The van der Waals surface area contributed by atoms with Gasteiger partial charge < -0.3 is 19.3 Å². The first-order chi connectivity index (χ1) is 10.8. The Kier molecular flexibility index (Phi) is 7.32.